The molecule has 4 rings (SSSR count). The molecule has 0 aliphatic carbocycles. The summed E-state index contributed by atoms with van der Waals surface area (Å²) in [5.41, 5.74) is 2.16. The Balaban J connectivity index is 1.67. The highest BCUT2D eigenvalue weighted by Crippen LogP contribution is 2.31. The lowest BCUT2D eigenvalue weighted by Crippen LogP contribution is -2.16. The molecule has 1 aromatic carbocycles. The maximum absolute atomic E-state index is 12.8. The van der Waals surface area contributed by atoms with Crippen molar-refractivity contribution in [2.24, 2.45) is 0 Å². The molecule has 1 saturated heterocycles. The number of hydrogen-bond donors (Lipinski definition) is 1. The molecule has 1 N–H and O–H groups in total. The Kier molecular flexibility index (Phi) is 5.64. The van der Waals surface area contributed by atoms with Crippen molar-refractivity contribution in [1.82, 2.24) is 14.8 Å². The second-order valence-corrected chi connectivity index (χ2v) is 9.42. The molecule has 1 fully saturated rings. The number of ether oxygens (including phenoxy) is 2. The van der Waals surface area contributed by atoms with E-state index in [2.05, 4.69) is 15.4 Å². The SMILES string of the molecule is COc1ccc(-c2cc(C(=O)Nc3ccc(OC)nc3)nn2[C@H]2CCS(=O)(=O)C2)cc1. The second-order valence-electron chi connectivity index (χ2n) is 7.19. The maximum atomic E-state index is 12.8. The first-order valence-corrected chi connectivity index (χ1v) is 11.5. The first-order valence-electron chi connectivity index (χ1n) is 9.64. The molecule has 9 nitrogen and oxygen atoms in total. The molecule has 1 amide bonds. The van der Waals surface area contributed by atoms with Crippen molar-refractivity contribution in [1.29, 1.82) is 0 Å². The van der Waals surface area contributed by atoms with Crippen molar-refractivity contribution in [3.8, 4) is 22.9 Å². The number of nitrogens with one attached hydrogen (secondary N) is 1. The third-order valence-corrected chi connectivity index (χ3v) is 6.86. The lowest BCUT2D eigenvalue weighted by atomic mass is 10.1. The predicted molar refractivity (Wildman–Crippen MR) is 115 cm³/mol. The number of amides is 1. The molecule has 0 unspecified atom stereocenters. The third-order valence-electron chi connectivity index (χ3n) is 5.11. The van der Waals surface area contributed by atoms with Crippen LogP contribution in [0.4, 0.5) is 5.69 Å². The molecule has 2 aromatic heterocycles. The van der Waals surface area contributed by atoms with Gasteiger partial charge in [-0.25, -0.2) is 13.4 Å². The van der Waals surface area contributed by atoms with Crippen molar-refractivity contribution < 1.29 is 22.7 Å². The Morgan fingerprint density at radius 1 is 1.13 bits per heavy atom. The van der Waals surface area contributed by atoms with Gasteiger partial charge in [-0.3, -0.25) is 9.48 Å². The fourth-order valence-electron chi connectivity index (χ4n) is 3.50. The van der Waals surface area contributed by atoms with Gasteiger partial charge in [0.25, 0.3) is 5.91 Å². The van der Waals surface area contributed by atoms with Crippen LogP contribution in [-0.4, -0.2) is 54.8 Å². The van der Waals surface area contributed by atoms with Gasteiger partial charge in [0.05, 0.1) is 49.3 Å². The number of hydrogen-bond acceptors (Lipinski definition) is 7. The maximum Gasteiger partial charge on any atom is 0.276 e. The standard InChI is InChI=1S/C21H22N4O5S/c1-29-17-6-3-14(4-7-17)19-11-18(24-25(19)16-9-10-31(27,28)13-16)21(26)23-15-5-8-20(30-2)22-12-15/h3-8,11-12,16H,9-10,13H2,1-2H3,(H,23,26)/t16-/m0/s1. The lowest BCUT2D eigenvalue weighted by molar-refractivity contribution is 0.102. The summed E-state index contributed by atoms with van der Waals surface area (Å²) in [6.07, 6.45) is 1.94. The number of methoxy groups -OCH3 is 2. The van der Waals surface area contributed by atoms with Gasteiger partial charge in [-0.05, 0) is 42.8 Å². The monoisotopic (exact) mass is 442 g/mol. The van der Waals surface area contributed by atoms with Gasteiger partial charge in [0.15, 0.2) is 15.5 Å². The average molecular weight is 442 g/mol. The van der Waals surface area contributed by atoms with Crippen LogP contribution >= 0.6 is 0 Å². The normalized spacial score (nSPS) is 17.3. The van der Waals surface area contributed by atoms with E-state index in [0.717, 1.165) is 5.56 Å². The van der Waals surface area contributed by atoms with Gasteiger partial charge in [-0.15, -0.1) is 0 Å². The Labute approximate surface area is 179 Å². The number of pyridine rings is 1. The highest BCUT2D eigenvalue weighted by atomic mass is 32.2. The fourth-order valence-corrected chi connectivity index (χ4v) is 5.19. The molecule has 162 valence electrons. The zero-order valence-corrected chi connectivity index (χ0v) is 17.9. The molecule has 0 spiro atoms. The predicted octanol–water partition coefficient (Wildman–Crippen LogP) is 2.57. The molecule has 31 heavy (non-hydrogen) atoms. The van der Waals surface area contributed by atoms with Crippen LogP contribution in [0.25, 0.3) is 11.3 Å². The van der Waals surface area contributed by atoms with Crippen LogP contribution in [0, 0.1) is 0 Å². The summed E-state index contributed by atoms with van der Waals surface area (Å²) in [5, 5.41) is 7.23. The summed E-state index contributed by atoms with van der Waals surface area (Å²) in [4.78, 5) is 16.9. The first kappa shape index (κ1) is 20.9. The van der Waals surface area contributed by atoms with Crippen molar-refractivity contribution >= 4 is 21.4 Å². The number of anilines is 1. The summed E-state index contributed by atoms with van der Waals surface area (Å²) in [7, 11) is -0.0274. The average Bonchev–Trinajstić information content (AvgIpc) is 3.38. The summed E-state index contributed by atoms with van der Waals surface area (Å²) < 4.78 is 35.9. The molecule has 0 radical (unpaired) electrons. The zero-order valence-electron chi connectivity index (χ0n) is 17.1. The number of benzene rings is 1. The van der Waals surface area contributed by atoms with Crippen molar-refractivity contribution in [3.63, 3.8) is 0 Å². The topological polar surface area (TPSA) is 112 Å². The Hall–Kier alpha value is -3.40. The van der Waals surface area contributed by atoms with Gasteiger partial charge in [0, 0.05) is 11.6 Å². The number of carbonyl (C=O) groups excluding carboxylic acids is 1. The molecular formula is C21H22N4O5S. The van der Waals surface area contributed by atoms with Crippen LogP contribution in [0.1, 0.15) is 23.0 Å². The van der Waals surface area contributed by atoms with Crippen LogP contribution in [-0.2, 0) is 9.84 Å². The summed E-state index contributed by atoms with van der Waals surface area (Å²) >= 11 is 0. The number of rotatable bonds is 6. The Morgan fingerprint density at radius 2 is 1.90 bits per heavy atom. The van der Waals surface area contributed by atoms with Crippen LogP contribution in [0.15, 0.2) is 48.7 Å². The molecule has 1 aliphatic rings. The van der Waals surface area contributed by atoms with Crippen LogP contribution < -0.4 is 14.8 Å². The van der Waals surface area contributed by atoms with Gasteiger partial charge >= 0.3 is 0 Å². The molecule has 1 atom stereocenters. The number of sulfone groups is 1. The van der Waals surface area contributed by atoms with E-state index in [-0.39, 0.29) is 23.2 Å². The van der Waals surface area contributed by atoms with Crippen LogP contribution in [0.5, 0.6) is 11.6 Å². The van der Waals surface area contributed by atoms with E-state index in [0.29, 0.717) is 29.4 Å². The van der Waals surface area contributed by atoms with Crippen molar-refractivity contribution in [2.45, 2.75) is 12.5 Å². The van der Waals surface area contributed by atoms with Gasteiger partial charge in [0.1, 0.15) is 5.75 Å². The van der Waals surface area contributed by atoms with Gasteiger partial charge in [-0.2, -0.15) is 5.10 Å². The quantitative estimate of drug-likeness (QED) is 0.624. The fraction of sp³-hybridized carbons (Fsp3) is 0.286. The zero-order chi connectivity index (χ0) is 22.0. The first-order chi connectivity index (χ1) is 14.9. The van der Waals surface area contributed by atoms with Gasteiger partial charge in [-0.1, -0.05) is 0 Å². The Morgan fingerprint density at radius 3 is 2.48 bits per heavy atom. The molecule has 3 heterocycles. The van der Waals surface area contributed by atoms with Crippen LogP contribution in [0.3, 0.4) is 0 Å². The van der Waals surface area contributed by atoms with Crippen LogP contribution in [0.2, 0.25) is 0 Å². The van der Waals surface area contributed by atoms with E-state index < -0.39 is 15.7 Å². The molecule has 3 aromatic rings. The summed E-state index contributed by atoms with van der Waals surface area (Å²) in [6.45, 7) is 0. The minimum Gasteiger partial charge on any atom is -0.497 e. The molecule has 0 saturated carbocycles. The minimum atomic E-state index is -3.12. The number of nitrogens with zero attached hydrogens (tertiary/aromatic N) is 3. The van der Waals surface area contributed by atoms with E-state index in [1.165, 1.54) is 13.3 Å². The highest BCUT2D eigenvalue weighted by Gasteiger charge is 2.32. The smallest absolute Gasteiger partial charge is 0.276 e. The Bertz CT molecular complexity index is 1190. The number of carbonyl (C=O) groups is 1. The minimum absolute atomic E-state index is 0.00128. The van der Waals surface area contributed by atoms with E-state index in [1.807, 2.05) is 12.1 Å². The highest BCUT2D eigenvalue weighted by molar-refractivity contribution is 7.91. The largest absolute Gasteiger partial charge is 0.497 e. The lowest BCUT2D eigenvalue weighted by Gasteiger charge is -2.13. The summed E-state index contributed by atoms with van der Waals surface area (Å²) in [6, 6.07) is 12.0. The number of aromatic nitrogens is 3. The van der Waals surface area contributed by atoms with Crippen molar-refractivity contribution in [3.05, 3.63) is 54.4 Å². The van der Waals surface area contributed by atoms with Gasteiger partial charge in [0.2, 0.25) is 5.88 Å². The molecule has 10 heteroatoms. The second kappa shape index (κ2) is 8.38. The molecule has 1 aliphatic heterocycles. The molecular weight excluding hydrogens is 420 g/mol. The van der Waals surface area contributed by atoms with E-state index in [9.17, 15) is 13.2 Å². The molecule has 0 bridgehead atoms. The van der Waals surface area contributed by atoms with E-state index in [4.69, 9.17) is 9.47 Å². The van der Waals surface area contributed by atoms with E-state index >= 15 is 0 Å². The van der Waals surface area contributed by atoms with Gasteiger partial charge < -0.3 is 14.8 Å². The van der Waals surface area contributed by atoms with Crippen molar-refractivity contribution in [2.75, 3.05) is 31.0 Å². The third kappa shape index (κ3) is 4.53. The summed E-state index contributed by atoms with van der Waals surface area (Å²) in [5.74, 6) is 0.830. The van der Waals surface area contributed by atoms with E-state index in [1.54, 1.807) is 42.1 Å².